The van der Waals surface area contributed by atoms with Crippen LogP contribution in [0.25, 0.3) is 0 Å². The number of hydrogen-bond acceptors (Lipinski definition) is 5. The lowest BCUT2D eigenvalue weighted by Crippen LogP contribution is -2.37. The fourth-order valence-corrected chi connectivity index (χ4v) is 4.65. The highest BCUT2D eigenvalue weighted by Gasteiger charge is 2.40. The van der Waals surface area contributed by atoms with E-state index in [9.17, 15) is 8.42 Å². The maximum absolute atomic E-state index is 11.7. The van der Waals surface area contributed by atoms with Crippen molar-refractivity contribution in [3.63, 3.8) is 0 Å². The SMILES string of the molecule is Cc1noc(C)c1CN(C1CC1)C1CCS(=O)(=O)C1. The van der Waals surface area contributed by atoms with E-state index in [4.69, 9.17) is 4.52 Å². The first kappa shape index (κ1) is 13.1. The van der Waals surface area contributed by atoms with Gasteiger partial charge in [-0.1, -0.05) is 5.16 Å². The van der Waals surface area contributed by atoms with Gasteiger partial charge in [-0.05, 0) is 33.1 Å². The van der Waals surface area contributed by atoms with Crippen LogP contribution in [0.5, 0.6) is 0 Å². The molecule has 0 radical (unpaired) electrons. The second-order valence-corrected chi connectivity index (χ2v) is 7.99. The molecule has 2 fully saturated rings. The van der Waals surface area contributed by atoms with Gasteiger partial charge in [0.05, 0.1) is 17.2 Å². The molecule has 0 bridgehead atoms. The number of sulfone groups is 1. The molecular formula is C13H20N2O3S. The average Bonchev–Trinajstić information content (AvgIpc) is 3.05. The zero-order valence-corrected chi connectivity index (χ0v) is 12.2. The Balaban J connectivity index is 1.79. The summed E-state index contributed by atoms with van der Waals surface area (Å²) in [7, 11) is -2.83. The van der Waals surface area contributed by atoms with Crippen molar-refractivity contribution >= 4 is 9.84 Å². The van der Waals surface area contributed by atoms with Crippen molar-refractivity contribution in [2.75, 3.05) is 11.5 Å². The van der Waals surface area contributed by atoms with Gasteiger partial charge < -0.3 is 4.52 Å². The van der Waals surface area contributed by atoms with Crippen molar-refractivity contribution in [1.29, 1.82) is 0 Å². The highest BCUT2D eigenvalue weighted by molar-refractivity contribution is 7.91. The van der Waals surface area contributed by atoms with Gasteiger partial charge in [0.25, 0.3) is 0 Å². The second kappa shape index (κ2) is 4.59. The Morgan fingerprint density at radius 2 is 2.00 bits per heavy atom. The number of aromatic nitrogens is 1. The minimum Gasteiger partial charge on any atom is -0.361 e. The van der Waals surface area contributed by atoms with Crippen LogP contribution in [0.15, 0.2) is 4.52 Å². The Morgan fingerprint density at radius 3 is 2.47 bits per heavy atom. The van der Waals surface area contributed by atoms with Gasteiger partial charge in [-0.15, -0.1) is 0 Å². The Morgan fingerprint density at radius 1 is 1.26 bits per heavy atom. The van der Waals surface area contributed by atoms with Gasteiger partial charge in [-0.25, -0.2) is 8.42 Å². The van der Waals surface area contributed by atoms with Gasteiger partial charge in [0, 0.05) is 24.2 Å². The minimum atomic E-state index is -2.83. The van der Waals surface area contributed by atoms with E-state index in [1.165, 1.54) is 12.8 Å². The lowest BCUT2D eigenvalue weighted by Gasteiger charge is -2.27. The molecule has 3 rings (SSSR count). The van der Waals surface area contributed by atoms with Crippen molar-refractivity contribution in [3.05, 3.63) is 17.0 Å². The number of hydrogen-bond donors (Lipinski definition) is 0. The average molecular weight is 284 g/mol. The molecule has 106 valence electrons. The summed E-state index contributed by atoms with van der Waals surface area (Å²) in [6, 6.07) is 0.721. The van der Waals surface area contributed by atoms with Gasteiger partial charge in [0.2, 0.25) is 0 Å². The van der Waals surface area contributed by atoms with E-state index >= 15 is 0 Å². The molecule has 0 N–H and O–H groups in total. The molecule has 0 amide bonds. The first-order valence-electron chi connectivity index (χ1n) is 6.84. The fraction of sp³-hybridized carbons (Fsp3) is 0.769. The summed E-state index contributed by atoms with van der Waals surface area (Å²) in [5.74, 6) is 1.50. The van der Waals surface area contributed by atoms with Crippen LogP contribution in [-0.4, -0.2) is 42.1 Å². The smallest absolute Gasteiger partial charge is 0.151 e. The summed E-state index contributed by atoms with van der Waals surface area (Å²) in [5.41, 5.74) is 2.04. The van der Waals surface area contributed by atoms with Crippen LogP contribution in [0.2, 0.25) is 0 Å². The van der Waals surface area contributed by atoms with Crippen molar-refractivity contribution < 1.29 is 12.9 Å². The standard InChI is InChI=1S/C13H20N2O3S/c1-9-13(10(2)18-14-9)7-15(11-3-4-11)12-5-6-19(16,17)8-12/h11-12H,3-8H2,1-2H3. The summed E-state index contributed by atoms with van der Waals surface area (Å²) in [6.07, 6.45) is 3.13. The quantitative estimate of drug-likeness (QED) is 0.837. The molecule has 1 aromatic rings. The zero-order chi connectivity index (χ0) is 13.6. The van der Waals surface area contributed by atoms with Gasteiger partial charge >= 0.3 is 0 Å². The van der Waals surface area contributed by atoms with E-state index in [0.717, 1.165) is 30.0 Å². The zero-order valence-electron chi connectivity index (χ0n) is 11.4. The summed E-state index contributed by atoms with van der Waals surface area (Å²) in [4.78, 5) is 2.36. The molecule has 1 aromatic heterocycles. The van der Waals surface area contributed by atoms with Gasteiger partial charge in [0.15, 0.2) is 9.84 Å². The highest BCUT2D eigenvalue weighted by Crippen LogP contribution is 2.34. The maximum Gasteiger partial charge on any atom is 0.151 e. The van der Waals surface area contributed by atoms with Crippen LogP contribution in [0.1, 0.15) is 36.3 Å². The molecule has 1 atom stereocenters. The summed E-state index contributed by atoms with van der Waals surface area (Å²) < 4.78 is 28.5. The van der Waals surface area contributed by atoms with Crippen LogP contribution in [0.4, 0.5) is 0 Å². The van der Waals surface area contributed by atoms with Gasteiger partial charge in [-0.3, -0.25) is 4.90 Å². The molecular weight excluding hydrogens is 264 g/mol. The molecule has 1 saturated heterocycles. The molecule has 0 aromatic carbocycles. The van der Waals surface area contributed by atoms with E-state index in [1.54, 1.807) is 0 Å². The summed E-state index contributed by atoms with van der Waals surface area (Å²) in [5, 5.41) is 3.98. The van der Waals surface area contributed by atoms with E-state index in [0.29, 0.717) is 17.5 Å². The topological polar surface area (TPSA) is 63.4 Å². The number of rotatable bonds is 4. The minimum absolute atomic E-state index is 0.172. The number of aryl methyl sites for hydroxylation is 2. The Hall–Kier alpha value is -0.880. The van der Waals surface area contributed by atoms with Crippen molar-refractivity contribution in [1.82, 2.24) is 10.1 Å². The van der Waals surface area contributed by atoms with E-state index in [-0.39, 0.29) is 6.04 Å². The molecule has 1 saturated carbocycles. The van der Waals surface area contributed by atoms with E-state index in [1.807, 2.05) is 13.8 Å². The Kier molecular flexibility index (Phi) is 3.17. The number of nitrogens with zero attached hydrogens (tertiary/aromatic N) is 2. The van der Waals surface area contributed by atoms with Gasteiger partial charge in [0.1, 0.15) is 5.76 Å². The summed E-state index contributed by atoms with van der Waals surface area (Å²) in [6.45, 7) is 4.64. The molecule has 2 aliphatic rings. The van der Waals surface area contributed by atoms with E-state index < -0.39 is 9.84 Å². The lowest BCUT2D eigenvalue weighted by atomic mass is 10.1. The van der Waals surface area contributed by atoms with E-state index in [2.05, 4.69) is 10.1 Å². The second-order valence-electron chi connectivity index (χ2n) is 5.76. The molecule has 0 spiro atoms. The van der Waals surface area contributed by atoms with Crippen molar-refractivity contribution in [2.24, 2.45) is 0 Å². The molecule has 1 aliphatic carbocycles. The van der Waals surface area contributed by atoms with Crippen molar-refractivity contribution in [3.8, 4) is 0 Å². The lowest BCUT2D eigenvalue weighted by molar-refractivity contribution is 0.191. The van der Waals surface area contributed by atoms with Crippen LogP contribution >= 0.6 is 0 Å². The summed E-state index contributed by atoms with van der Waals surface area (Å²) >= 11 is 0. The largest absolute Gasteiger partial charge is 0.361 e. The van der Waals surface area contributed by atoms with Crippen LogP contribution in [-0.2, 0) is 16.4 Å². The maximum atomic E-state index is 11.7. The third-order valence-electron chi connectivity index (χ3n) is 4.22. The molecule has 6 heteroatoms. The predicted octanol–water partition coefficient (Wildman–Crippen LogP) is 1.44. The van der Waals surface area contributed by atoms with Crippen LogP contribution < -0.4 is 0 Å². The molecule has 1 unspecified atom stereocenters. The molecule has 19 heavy (non-hydrogen) atoms. The van der Waals surface area contributed by atoms with Crippen LogP contribution in [0, 0.1) is 13.8 Å². The first-order chi connectivity index (χ1) is 8.96. The third kappa shape index (κ3) is 2.69. The van der Waals surface area contributed by atoms with Crippen LogP contribution in [0.3, 0.4) is 0 Å². The Bertz CT molecular complexity index is 555. The highest BCUT2D eigenvalue weighted by atomic mass is 32.2. The van der Waals surface area contributed by atoms with Gasteiger partial charge in [-0.2, -0.15) is 0 Å². The van der Waals surface area contributed by atoms with Crippen molar-refractivity contribution in [2.45, 2.75) is 51.7 Å². The first-order valence-corrected chi connectivity index (χ1v) is 8.66. The molecule has 5 nitrogen and oxygen atoms in total. The Labute approximate surface area is 113 Å². The molecule has 2 heterocycles. The third-order valence-corrected chi connectivity index (χ3v) is 5.97. The molecule has 1 aliphatic heterocycles. The predicted molar refractivity (Wildman–Crippen MR) is 71.6 cm³/mol. The normalized spacial score (nSPS) is 26.2. The monoisotopic (exact) mass is 284 g/mol. The fourth-order valence-electron chi connectivity index (χ4n) is 2.91.